The van der Waals surface area contributed by atoms with E-state index in [1.54, 1.807) is 18.0 Å². The Labute approximate surface area is 209 Å². The van der Waals surface area contributed by atoms with Gasteiger partial charge in [0.05, 0.1) is 11.7 Å². The summed E-state index contributed by atoms with van der Waals surface area (Å²) in [6, 6.07) is 25.4. The molecule has 2 atom stereocenters. The van der Waals surface area contributed by atoms with Crippen LogP contribution < -0.4 is 10.2 Å². The van der Waals surface area contributed by atoms with Gasteiger partial charge in [-0.1, -0.05) is 45.4 Å². The van der Waals surface area contributed by atoms with E-state index in [-0.39, 0.29) is 12.1 Å². The van der Waals surface area contributed by atoms with Crippen molar-refractivity contribution in [3.8, 4) is 0 Å². The van der Waals surface area contributed by atoms with Crippen molar-refractivity contribution in [3.63, 3.8) is 0 Å². The second-order valence-electron chi connectivity index (χ2n) is 7.19. The quantitative estimate of drug-likeness (QED) is 0.265. The highest BCUT2D eigenvalue weighted by atomic mass is 79.9. The smallest absolute Gasteiger partial charge is 0.174 e. The molecule has 1 saturated heterocycles. The summed E-state index contributed by atoms with van der Waals surface area (Å²) in [6.07, 6.45) is 1.80. The Balaban J connectivity index is 1.52. The zero-order chi connectivity index (χ0) is 22.1. The molecule has 0 unspecified atom stereocenters. The minimum atomic E-state index is -0.182. The summed E-state index contributed by atoms with van der Waals surface area (Å²) in [6.45, 7) is 0. The zero-order valence-electron chi connectivity index (χ0n) is 16.6. The van der Waals surface area contributed by atoms with Crippen LogP contribution >= 0.6 is 51.5 Å². The molecule has 1 fully saturated rings. The van der Waals surface area contributed by atoms with Gasteiger partial charge in [-0.15, -0.1) is 0 Å². The largest absolute Gasteiger partial charge is 0.452 e. The number of thiocarbonyl (C=S) groups is 1. The standard InChI is InChI=1S/C24H17BrClN3OS2/c25-15-4-8-17(9-5-15)29-23(22(28-24(29)31)19-3-1-2-14-27-19)20-12-13-21(30-20)32-18-10-6-16(26)7-11-18/h1-14,22-23H,(H,28,31)/t22-,23-/m1/s1. The molecule has 3 heterocycles. The van der Waals surface area contributed by atoms with Crippen molar-refractivity contribution in [1.29, 1.82) is 0 Å². The fraction of sp³-hybridized carbons (Fsp3) is 0.0833. The van der Waals surface area contributed by atoms with Crippen LogP contribution in [0.3, 0.4) is 0 Å². The number of nitrogens with one attached hydrogen (secondary N) is 1. The first-order valence-electron chi connectivity index (χ1n) is 9.88. The Morgan fingerprint density at radius 1 is 1.00 bits per heavy atom. The highest BCUT2D eigenvalue weighted by Gasteiger charge is 2.42. The minimum Gasteiger partial charge on any atom is -0.452 e. The van der Waals surface area contributed by atoms with Crippen LogP contribution in [0.1, 0.15) is 23.5 Å². The number of nitrogens with zero attached hydrogens (tertiary/aromatic N) is 2. The maximum atomic E-state index is 6.33. The Morgan fingerprint density at radius 2 is 1.78 bits per heavy atom. The molecule has 0 saturated carbocycles. The number of hydrogen-bond acceptors (Lipinski definition) is 4. The molecule has 1 N–H and O–H groups in total. The van der Waals surface area contributed by atoms with Crippen molar-refractivity contribution in [2.45, 2.75) is 22.1 Å². The highest BCUT2D eigenvalue weighted by molar-refractivity contribution is 9.10. The first-order valence-corrected chi connectivity index (χ1v) is 12.3. The van der Waals surface area contributed by atoms with Gasteiger partial charge in [-0.25, -0.2) is 0 Å². The molecule has 160 valence electrons. The van der Waals surface area contributed by atoms with Crippen LogP contribution in [0.25, 0.3) is 0 Å². The van der Waals surface area contributed by atoms with Crippen molar-refractivity contribution >= 4 is 62.3 Å². The summed E-state index contributed by atoms with van der Waals surface area (Å²) in [4.78, 5) is 7.73. The van der Waals surface area contributed by atoms with Crippen molar-refractivity contribution in [2.24, 2.45) is 0 Å². The molecule has 0 radical (unpaired) electrons. The number of benzene rings is 2. The fourth-order valence-electron chi connectivity index (χ4n) is 3.69. The summed E-state index contributed by atoms with van der Waals surface area (Å²) in [5.41, 5.74) is 1.89. The lowest BCUT2D eigenvalue weighted by molar-refractivity contribution is 0.383. The van der Waals surface area contributed by atoms with Crippen LogP contribution in [0.15, 0.2) is 104 Å². The fourth-order valence-corrected chi connectivity index (χ4v) is 5.21. The monoisotopic (exact) mass is 541 g/mol. The Hall–Kier alpha value is -2.32. The Kier molecular flexibility index (Phi) is 6.24. The normalized spacial score (nSPS) is 18.1. The number of furan rings is 1. The van der Waals surface area contributed by atoms with E-state index < -0.39 is 0 Å². The van der Waals surface area contributed by atoms with Crippen LogP contribution in [0.4, 0.5) is 5.69 Å². The molecule has 0 bridgehead atoms. The number of pyridine rings is 1. The van der Waals surface area contributed by atoms with Crippen molar-refractivity contribution < 1.29 is 4.42 Å². The van der Waals surface area contributed by atoms with Gasteiger partial charge in [-0.3, -0.25) is 4.98 Å². The minimum absolute atomic E-state index is 0.146. The number of hydrogen-bond donors (Lipinski definition) is 1. The third-order valence-electron chi connectivity index (χ3n) is 5.13. The van der Waals surface area contributed by atoms with Crippen LogP contribution in [0.2, 0.25) is 5.02 Å². The zero-order valence-corrected chi connectivity index (χ0v) is 20.6. The first-order chi connectivity index (χ1) is 15.6. The van der Waals surface area contributed by atoms with Crippen molar-refractivity contribution in [1.82, 2.24) is 10.3 Å². The number of aromatic nitrogens is 1. The lowest BCUT2D eigenvalue weighted by Crippen LogP contribution is -2.29. The number of rotatable bonds is 5. The molecule has 4 aromatic rings. The summed E-state index contributed by atoms with van der Waals surface area (Å²) < 4.78 is 7.34. The molecule has 0 spiro atoms. The number of anilines is 1. The second-order valence-corrected chi connectivity index (χ2v) is 10.0. The van der Waals surface area contributed by atoms with Gasteiger partial charge in [0, 0.05) is 26.3 Å². The molecular formula is C24H17BrClN3OS2. The van der Waals surface area contributed by atoms with E-state index in [9.17, 15) is 0 Å². The van der Waals surface area contributed by atoms with Crippen LogP contribution in [-0.2, 0) is 0 Å². The third-order valence-corrected chi connectivity index (χ3v) is 7.15. The van der Waals surface area contributed by atoms with Gasteiger partial charge in [0.2, 0.25) is 0 Å². The molecule has 8 heteroatoms. The van der Waals surface area contributed by atoms with Gasteiger partial charge >= 0.3 is 0 Å². The molecule has 0 amide bonds. The summed E-state index contributed by atoms with van der Waals surface area (Å²) >= 11 is 16.8. The lowest BCUT2D eigenvalue weighted by Gasteiger charge is -2.26. The van der Waals surface area contributed by atoms with Crippen LogP contribution in [0.5, 0.6) is 0 Å². The number of halogens is 2. The van der Waals surface area contributed by atoms with E-state index in [0.29, 0.717) is 10.1 Å². The lowest BCUT2D eigenvalue weighted by atomic mass is 10.0. The van der Waals surface area contributed by atoms with E-state index >= 15 is 0 Å². The average Bonchev–Trinajstić information content (AvgIpc) is 3.40. The molecule has 2 aromatic heterocycles. The van der Waals surface area contributed by atoms with E-state index in [0.717, 1.165) is 31.6 Å². The van der Waals surface area contributed by atoms with Crippen LogP contribution in [0, 0.1) is 0 Å². The van der Waals surface area contributed by atoms with Crippen molar-refractivity contribution in [2.75, 3.05) is 4.90 Å². The molecule has 4 nitrogen and oxygen atoms in total. The SMILES string of the molecule is S=C1N[C@H](c2ccccn2)[C@@H](c2ccc(Sc3ccc(Cl)cc3)o2)N1c1ccc(Br)cc1. The third kappa shape index (κ3) is 4.43. The van der Waals surface area contributed by atoms with E-state index in [1.165, 1.54) is 0 Å². The predicted octanol–water partition coefficient (Wildman–Crippen LogP) is 7.42. The van der Waals surface area contributed by atoms with Gasteiger partial charge in [-0.2, -0.15) is 0 Å². The predicted molar refractivity (Wildman–Crippen MR) is 136 cm³/mol. The van der Waals surface area contributed by atoms with E-state index in [2.05, 4.69) is 31.1 Å². The van der Waals surface area contributed by atoms with E-state index in [1.807, 2.05) is 78.9 Å². The Bertz CT molecular complexity index is 1230. The second kappa shape index (κ2) is 9.27. The molecular weight excluding hydrogens is 526 g/mol. The maximum Gasteiger partial charge on any atom is 0.174 e. The molecule has 1 aliphatic rings. The van der Waals surface area contributed by atoms with Gasteiger partial charge in [-0.05, 0) is 85.0 Å². The van der Waals surface area contributed by atoms with Crippen molar-refractivity contribution in [3.05, 3.63) is 106 Å². The maximum absolute atomic E-state index is 6.33. The van der Waals surface area contributed by atoms with Gasteiger partial charge in [0.25, 0.3) is 0 Å². The average molecular weight is 543 g/mol. The summed E-state index contributed by atoms with van der Waals surface area (Å²) in [7, 11) is 0. The Morgan fingerprint density at radius 3 is 2.50 bits per heavy atom. The highest BCUT2D eigenvalue weighted by Crippen LogP contribution is 2.43. The first kappa shape index (κ1) is 21.5. The van der Waals surface area contributed by atoms with Gasteiger partial charge in [0.15, 0.2) is 10.2 Å². The van der Waals surface area contributed by atoms with Gasteiger partial charge in [0.1, 0.15) is 11.8 Å². The molecule has 2 aromatic carbocycles. The molecule has 5 rings (SSSR count). The molecule has 0 aliphatic carbocycles. The topological polar surface area (TPSA) is 41.3 Å². The van der Waals surface area contributed by atoms with E-state index in [4.69, 9.17) is 28.2 Å². The summed E-state index contributed by atoms with van der Waals surface area (Å²) in [5, 5.41) is 5.60. The van der Waals surface area contributed by atoms with Gasteiger partial charge < -0.3 is 14.6 Å². The molecule has 32 heavy (non-hydrogen) atoms. The summed E-state index contributed by atoms with van der Waals surface area (Å²) in [5.74, 6) is 0.812. The molecule has 1 aliphatic heterocycles. The van der Waals surface area contributed by atoms with Crippen LogP contribution in [-0.4, -0.2) is 10.1 Å².